The van der Waals surface area contributed by atoms with E-state index >= 15 is 0 Å². The predicted octanol–water partition coefficient (Wildman–Crippen LogP) is 2.26. The van der Waals surface area contributed by atoms with Gasteiger partial charge in [-0.1, -0.05) is 36.4 Å². The zero-order chi connectivity index (χ0) is 17.6. The van der Waals surface area contributed by atoms with Crippen LogP contribution in [0.1, 0.15) is 28.2 Å². The van der Waals surface area contributed by atoms with Gasteiger partial charge < -0.3 is 9.64 Å². The van der Waals surface area contributed by atoms with Crippen LogP contribution in [0.4, 0.5) is 0 Å². The maximum absolute atomic E-state index is 12.2. The molecule has 25 heavy (non-hydrogen) atoms. The number of amides is 1. The van der Waals surface area contributed by atoms with E-state index in [4.69, 9.17) is 4.74 Å². The molecular formula is C19H19N3O3. The van der Waals surface area contributed by atoms with Crippen molar-refractivity contribution in [3.8, 4) is 0 Å². The first-order valence-electron chi connectivity index (χ1n) is 8.11. The highest BCUT2D eigenvalue weighted by Gasteiger charge is 2.20. The first-order valence-corrected chi connectivity index (χ1v) is 8.11. The molecule has 6 heteroatoms. The minimum absolute atomic E-state index is 0.100. The maximum atomic E-state index is 12.2. The molecule has 6 nitrogen and oxygen atoms in total. The lowest BCUT2D eigenvalue weighted by molar-refractivity contribution is -0.134. The van der Waals surface area contributed by atoms with Crippen molar-refractivity contribution in [2.75, 3.05) is 19.7 Å². The lowest BCUT2D eigenvalue weighted by Gasteiger charge is -2.26. The number of esters is 1. The summed E-state index contributed by atoms with van der Waals surface area (Å²) in [5, 5.41) is 0. The molecule has 0 saturated heterocycles. The summed E-state index contributed by atoms with van der Waals surface area (Å²) in [5.41, 5.74) is 3.22. The number of aryl methyl sites for hydroxylation is 1. The molecule has 0 saturated carbocycles. The second-order valence-corrected chi connectivity index (χ2v) is 5.80. The summed E-state index contributed by atoms with van der Waals surface area (Å²) in [4.78, 5) is 33.7. The molecule has 0 radical (unpaired) electrons. The molecule has 128 valence electrons. The van der Waals surface area contributed by atoms with E-state index < -0.39 is 5.97 Å². The van der Waals surface area contributed by atoms with E-state index in [-0.39, 0.29) is 18.2 Å². The zero-order valence-electron chi connectivity index (χ0n) is 14.0. The lowest BCUT2D eigenvalue weighted by atomic mass is 10.00. The second kappa shape index (κ2) is 7.70. The Morgan fingerprint density at radius 1 is 1.16 bits per heavy atom. The van der Waals surface area contributed by atoms with Gasteiger partial charge >= 0.3 is 5.97 Å². The van der Waals surface area contributed by atoms with Crippen LogP contribution < -0.4 is 0 Å². The summed E-state index contributed by atoms with van der Waals surface area (Å²) >= 11 is 0. The normalized spacial score (nSPS) is 14.0. The van der Waals surface area contributed by atoms with Crippen LogP contribution in [0.2, 0.25) is 0 Å². The predicted molar refractivity (Wildman–Crippen MR) is 92.7 cm³/mol. The molecule has 1 aliphatic heterocycles. The summed E-state index contributed by atoms with van der Waals surface area (Å²) in [6, 6.07) is 10.1. The Balaban J connectivity index is 1.52. The number of nitrogens with zero attached hydrogens (tertiary/aromatic N) is 3. The highest BCUT2D eigenvalue weighted by atomic mass is 16.5. The van der Waals surface area contributed by atoms with Crippen LogP contribution >= 0.6 is 0 Å². The monoisotopic (exact) mass is 337 g/mol. The molecule has 0 N–H and O–H groups in total. The van der Waals surface area contributed by atoms with Crippen molar-refractivity contribution >= 4 is 17.4 Å². The van der Waals surface area contributed by atoms with Gasteiger partial charge in [-0.2, -0.15) is 0 Å². The van der Waals surface area contributed by atoms with E-state index in [1.165, 1.54) is 23.5 Å². The summed E-state index contributed by atoms with van der Waals surface area (Å²) in [6.07, 6.45) is 5.66. The van der Waals surface area contributed by atoms with Crippen molar-refractivity contribution in [1.29, 1.82) is 0 Å². The van der Waals surface area contributed by atoms with E-state index in [1.807, 2.05) is 24.3 Å². The van der Waals surface area contributed by atoms with Gasteiger partial charge in [-0.25, -0.2) is 9.78 Å². The third-order valence-electron chi connectivity index (χ3n) is 4.02. The van der Waals surface area contributed by atoms with Gasteiger partial charge in [0.2, 0.25) is 0 Å². The third-order valence-corrected chi connectivity index (χ3v) is 4.02. The first kappa shape index (κ1) is 16.8. The molecule has 0 unspecified atom stereocenters. The number of hydrogen-bond donors (Lipinski definition) is 0. The Morgan fingerprint density at radius 2 is 1.96 bits per heavy atom. The number of hydrogen-bond acceptors (Lipinski definition) is 5. The van der Waals surface area contributed by atoms with Gasteiger partial charge in [-0.05, 0) is 24.5 Å². The molecule has 1 aliphatic rings. The fourth-order valence-corrected chi connectivity index (χ4v) is 2.60. The number of aromatic nitrogens is 2. The number of carbonyl (C=O) groups excluding carboxylic acids is 2. The SMILES string of the molecule is Cc1cnc(C(=O)OCC(=O)N2CC=C(c3ccccc3)CC2)cn1. The quantitative estimate of drug-likeness (QED) is 0.800. The summed E-state index contributed by atoms with van der Waals surface area (Å²) < 4.78 is 5.04. The summed E-state index contributed by atoms with van der Waals surface area (Å²) in [6.45, 7) is 2.62. The van der Waals surface area contributed by atoms with Crippen LogP contribution in [0.5, 0.6) is 0 Å². The fourth-order valence-electron chi connectivity index (χ4n) is 2.60. The molecule has 0 fully saturated rings. The molecule has 1 aromatic carbocycles. The molecule has 1 aromatic heterocycles. The Kier molecular flexibility index (Phi) is 5.18. The van der Waals surface area contributed by atoms with Gasteiger partial charge in [-0.3, -0.25) is 9.78 Å². The molecule has 0 bridgehead atoms. The van der Waals surface area contributed by atoms with Crippen molar-refractivity contribution in [3.05, 3.63) is 65.8 Å². The molecule has 0 spiro atoms. The van der Waals surface area contributed by atoms with Gasteiger partial charge in [0, 0.05) is 19.3 Å². The maximum Gasteiger partial charge on any atom is 0.359 e. The number of rotatable bonds is 4. The third kappa shape index (κ3) is 4.29. The van der Waals surface area contributed by atoms with Gasteiger partial charge in [-0.15, -0.1) is 0 Å². The largest absolute Gasteiger partial charge is 0.451 e. The van der Waals surface area contributed by atoms with E-state index in [0.717, 1.165) is 6.42 Å². The van der Waals surface area contributed by atoms with Crippen LogP contribution in [0.25, 0.3) is 5.57 Å². The van der Waals surface area contributed by atoms with Crippen LogP contribution in [-0.4, -0.2) is 46.4 Å². The van der Waals surface area contributed by atoms with E-state index in [2.05, 4.69) is 22.1 Å². The average molecular weight is 337 g/mol. The van der Waals surface area contributed by atoms with Crippen molar-refractivity contribution in [2.45, 2.75) is 13.3 Å². The van der Waals surface area contributed by atoms with Crippen LogP contribution in [-0.2, 0) is 9.53 Å². The highest BCUT2D eigenvalue weighted by molar-refractivity contribution is 5.89. The van der Waals surface area contributed by atoms with Crippen molar-refractivity contribution < 1.29 is 14.3 Å². The van der Waals surface area contributed by atoms with Crippen LogP contribution in [0, 0.1) is 6.92 Å². The molecule has 0 atom stereocenters. The van der Waals surface area contributed by atoms with E-state index in [9.17, 15) is 9.59 Å². The van der Waals surface area contributed by atoms with Gasteiger partial charge in [0.25, 0.3) is 5.91 Å². The van der Waals surface area contributed by atoms with Gasteiger partial charge in [0.1, 0.15) is 0 Å². The molecule has 1 amide bonds. The summed E-state index contributed by atoms with van der Waals surface area (Å²) in [5.74, 6) is -0.852. The lowest BCUT2D eigenvalue weighted by Crippen LogP contribution is -2.37. The van der Waals surface area contributed by atoms with Crippen LogP contribution in [0.3, 0.4) is 0 Å². The smallest absolute Gasteiger partial charge is 0.359 e. The van der Waals surface area contributed by atoms with Crippen molar-refractivity contribution in [2.24, 2.45) is 0 Å². The molecule has 3 rings (SSSR count). The molecule has 0 aliphatic carbocycles. The first-order chi connectivity index (χ1) is 12.1. The highest BCUT2D eigenvalue weighted by Crippen LogP contribution is 2.21. The average Bonchev–Trinajstić information content (AvgIpc) is 2.67. The standard InChI is InChI=1S/C19H19N3O3/c1-14-11-21-17(12-20-14)19(24)25-13-18(23)22-9-7-16(8-10-22)15-5-3-2-4-6-15/h2-7,11-12H,8-10,13H2,1H3. The van der Waals surface area contributed by atoms with E-state index in [1.54, 1.807) is 11.8 Å². The topological polar surface area (TPSA) is 72.4 Å². The summed E-state index contributed by atoms with van der Waals surface area (Å²) in [7, 11) is 0. The van der Waals surface area contributed by atoms with Crippen LogP contribution in [0.15, 0.2) is 48.8 Å². The zero-order valence-corrected chi connectivity index (χ0v) is 14.0. The Morgan fingerprint density at radius 3 is 2.60 bits per heavy atom. The Hall–Kier alpha value is -3.02. The molecular weight excluding hydrogens is 318 g/mol. The van der Waals surface area contributed by atoms with Crippen molar-refractivity contribution in [3.63, 3.8) is 0 Å². The number of ether oxygens (including phenoxy) is 1. The van der Waals surface area contributed by atoms with Crippen molar-refractivity contribution in [1.82, 2.24) is 14.9 Å². The number of benzene rings is 1. The number of carbonyl (C=O) groups is 2. The van der Waals surface area contributed by atoms with Gasteiger partial charge in [0.05, 0.1) is 11.9 Å². The van der Waals surface area contributed by atoms with Gasteiger partial charge in [0.15, 0.2) is 12.3 Å². The minimum Gasteiger partial charge on any atom is -0.451 e. The molecule has 2 aromatic rings. The minimum atomic E-state index is -0.640. The Bertz CT molecular complexity index is 785. The molecule has 2 heterocycles. The second-order valence-electron chi connectivity index (χ2n) is 5.80. The fraction of sp³-hybridized carbons (Fsp3) is 0.263. The Labute approximate surface area is 146 Å². The van der Waals surface area contributed by atoms with E-state index in [0.29, 0.717) is 18.8 Å².